The lowest BCUT2D eigenvalue weighted by atomic mass is 9.89. The van der Waals surface area contributed by atoms with E-state index in [4.69, 9.17) is 5.26 Å². The zero-order valence-electron chi connectivity index (χ0n) is 12.6. The molecular formula is C18H21NOS. The highest BCUT2D eigenvalue weighted by atomic mass is 32.2. The van der Waals surface area contributed by atoms with Gasteiger partial charge in [-0.05, 0) is 50.0 Å². The number of thioether (sulfide) groups is 1. The fourth-order valence-electron chi connectivity index (χ4n) is 2.29. The van der Waals surface area contributed by atoms with Crippen molar-refractivity contribution in [2.24, 2.45) is 5.41 Å². The second-order valence-electron chi connectivity index (χ2n) is 5.93. The molecule has 0 fully saturated rings. The lowest BCUT2D eigenvalue weighted by molar-refractivity contribution is 0.433. The second kappa shape index (κ2) is 6.87. The van der Waals surface area contributed by atoms with Gasteiger partial charge in [0.05, 0.1) is 11.5 Å². The Morgan fingerprint density at radius 2 is 1.81 bits per heavy atom. The molecule has 0 unspecified atom stereocenters. The number of fused-ring (bicyclic) bond motifs is 1. The van der Waals surface area contributed by atoms with Crippen LogP contribution in [0, 0.1) is 16.7 Å². The topological polar surface area (TPSA) is 44.0 Å². The first-order valence-corrected chi connectivity index (χ1v) is 8.27. The fourth-order valence-corrected chi connectivity index (χ4v) is 3.35. The number of rotatable bonds is 6. The zero-order chi connectivity index (χ0) is 15.3. The van der Waals surface area contributed by atoms with E-state index in [-0.39, 0.29) is 5.41 Å². The van der Waals surface area contributed by atoms with Crippen LogP contribution in [0.2, 0.25) is 0 Å². The van der Waals surface area contributed by atoms with Gasteiger partial charge in [-0.2, -0.15) is 5.26 Å². The highest BCUT2D eigenvalue weighted by Gasteiger charge is 2.15. The molecule has 0 heterocycles. The Balaban J connectivity index is 1.93. The number of phenolic OH excluding ortho intramolecular Hbond substituents is 1. The molecule has 0 bridgehead atoms. The Morgan fingerprint density at radius 3 is 2.52 bits per heavy atom. The molecule has 0 aliphatic rings. The van der Waals surface area contributed by atoms with Crippen LogP contribution >= 0.6 is 11.8 Å². The molecule has 21 heavy (non-hydrogen) atoms. The molecule has 2 aromatic rings. The number of nitrogens with zero attached hydrogens (tertiary/aromatic N) is 1. The quantitative estimate of drug-likeness (QED) is 0.577. The summed E-state index contributed by atoms with van der Waals surface area (Å²) in [4.78, 5) is 1.21. The standard InChI is InChI=1S/C18H21NOS/c1-18(2,13-19)11-5-6-12-21-17-10-9-16(20)14-7-3-4-8-15(14)17/h3-4,7-10,20H,5-6,11-12H2,1-2H3. The lowest BCUT2D eigenvalue weighted by Gasteiger charge is -2.14. The van der Waals surface area contributed by atoms with Crippen LogP contribution in [0.1, 0.15) is 33.1 Å². The van der Waals surface area contributed by atoms with Crippen LogP contribution in [-0.2, 0) is 0 Å². The first kappa shape index (κ1) is 15.7. The molecule has 0 saturated heterocycles. The zero-order valence-corrected chi connectivity index (χ0v) is 13.4. The van der Waals surface area contributed by atoms with Crippen molar-refractivity contribution < 1.29 is 5.11 Å². The van der Waals surface area contributed by atoms with Crippen molar-refractivity contribution in [3.8, 4) is 11.8 Å². The van der Waals surface area contributed by atoms with E-state index in [0.717, 1.165) is 35.8 Å². The lowest BCUT2D eigenvalue weighted by Crippen LogP contribution is -2.07. The Hall–Kier alpha value is -1.66. The predicted molar refractivity (Wildman–Crippen MR) is 89.6 cm³/mol. The average molecular weight is 299 g/mol. The van der Waals surface area contributed by atoms with Gasteiger partial charge in [-0.1, -0.05) is 30.7 Å². The molecule has 2 nitrogen and oxygen atoms in total. The number of hydrogen-bond donors (Lipinski definition) is 1. The summed E-state index contributed by atoms with van der Waals surface area (Å²) in [5, 5.41) is 20.9. The average Bonchev–Trinajstić information content (AvgIpc) is 2.49. The molecule has 2 rings (SSSR count). The molecule has 0 amide bonds. The minimum atomic E-state index is -0.212. The van der Waals surface area contributed by atoms with Gasteiger partial charge in [0, 0.05) is 10.3 Å². The predicted octanol–water partition coefficient (Wildman–Crippen LogP) is 5.36. The van der Waals surface area contributed by atoms with Crippen LogP contribution in [0.25, 0.3) is 10.8 Å². The molecule has 0 atom stereocenters. The molecule has 0 aromatic heterocycles. The van der Waals surface area contributed by atoms with Crippen LogP contribution in [0.3, 0.4) is 0 Å². The van der Waals surface area contributed by atoms with E-state index < -0.39 is 0 Å². The molecule has 2 aromatic carbocycles. The summed E-state index contributed by atoms with van der Waals surface area (Å²) >= 11 is 1.82. The number of unbranched alkanes of at least 4 members (excludes halogenated alkanes) is 1. The smallest absolute Gasteiger partial charge is 0.123 e. The minimum Gasteiger partial charge on any atom is -0.507 e. The van der Waals surface area contributed by atoms with Crippen molar-refractivity contribution >= 4 is 22.5 Å². The molecule has 0 aliphatic heterocycles. The molecule has 0 aliphatic carbocycles. The highest BCUT2D eigenvalue weighted by molar-refractivity contribution is 7.99. The van der Waals surface area contributed by atoms with Crippen LogP contribution in [0.4, 0.5) is 0 Å². The first-order chi connectivity index (χ1) is 10.0. The number of hydrogen-bond acceptors (Lipinski definition) is 3. The first-order valence-electron chi connectivity index (χ1n) is 7.28. The summed E-state index contributed by atoms with van der Waals surface area (Å²) in [5.74, 6) is 1.38. The van der Waals surface area contributed by atoms with Crippen LogP contribution in [0.5, 0.6) is 5.75 Å². The summed E-state index contributed by atoms with van der Waals surface area (Å²) in [6, 6.07) is 14.0. The normalized spacial score (nSPS) is 11.5. The molecule has 0 spiro atoms. The van der Waals surface area contributed by atoms with Crippen molar-refractivity contribution in [1.29, 1.82) is 5.26 Å². The van der Waals surface area contributed by atoms with Crippen LogP contribution < -0.4 is 0 Å². The number of phenols is 1. The number of nitriles is 1. The summed E-state index contributed by atoms with van der Waals surface area (Å²) in [6.45, 7) is 3.99. The Morgan fingerprint density at radius 1 is 1.10 bits per heavy atom. The third kappa shape index (κ3) is 4.15. The van der Waals surface area contributed by atoms with Gasteiger partial charge in [-0.25, -0.2) is 0 Å². The van der Waals surface area contributed by atoms with Gasteiger partial charge in [0.25, 0.3) is 0 Å². The van der Waals surface area contributed by atoms with E-state index in [1.807, 2.05) is 49.9 Å². The number of benzene rings is 2. The molecule has 0 radical (unpaired) electrons. The molecule has 1 N–H and O–H groups in total. The Bertz CT molecular complexity index is 658. The van der Waals surface area contributed by atoms with E-state index in [2.05, 4.69) is 12.1 Å². The van der Waals surface area contributed by atoms with Crippen molar-refractivity contribution in [1.82, 2.24) is 0 Å². The van der Waals surface area contributed by atoms with E-state index >= 15 is 0 Å². The largest absolute Gasteiger partial charge is 0.507 e. The summed E-state index contributed by atoms with van der Waals surface area (Å²) in [6.07, 6.45) is 3.12. The van der Waals surface area contributed by atoms with E-state index in [1.165, 1.54) is 4.90 Å². The Labute approximate surface area is 130 Å². The van der Waals surface area contributed by atoms with Crippen molar-refractivity contribution in [2.75, 3.05) is 5.75 Å². The maximum atomic E-state index is 9.88. The van der Waals surface area contributed by atoms with Gasteiger partial charge in [0.2, 0.25) is 0 Å². The minimum absolute atomic E-state index is 0.212. The van der Waals surface area contributed by atoms with E-state index in [9.17, 15) is 5.11 Å². The molecular weight excluding hydrogens is 278 g/mol. The van der Waals surface area contributed by atoms with Crippen molar-refractivity contribution in [2.45, 2.75) is 38.0 Å². The van der Waals surface area contributed by atoms with Gasteiger partial charge in [0.15, 0.2) is 0 Å². The molecule has 3 heteroatoms. The maximum absolute atomic E-state index is 9.88. The third-order valence-electron chi connectivity index (χ3n) is 3.62. The number of aromatic hydroxyl groups is 1. The monoisotopic (exact) mass is 299 g/mol. The van der Waals surface area contributed by atoms with E-state index in [1.54, 1.807) is 6.07 Å². The molecule has 0 saturated carbocycles. The van der Waals surface area contributed by atoms with Crippen LogP contribution in [-0.4, -0.2) is 10.9 Å². The SMILES string of the molecule is CC(C)(C#N)CCCCSc1ccc(O)c2ccccc12. The van der Waals surface area contributed by atoms with Crippen molar-refractivity contribution in [3.05, 3.63) is 36.4 Å². The van der Waals surface area contributed by atoms with Crippen LogP contribution in [0.15, 0.2) is 41.3 Å². The Kier molecular flexibility index (Phi) is 5.14. The molecule has 110 valence electrons. The van der Waals surface area contributed by atoms with E-state index in [0.29, 0.717) is 5.75 Å². The summed E-state index contributed by atoms with van der Waals surface area (Å²) < 4.78 is 0. The maximum Gasteiger partial charge on any atom is 0.123 e. The fraction of sp³-hybridized carbons (Fsp3) is 0.389. The van der Waals surface area contributed by atoms with Gasteiger partial charge in [-0.3, -0.25) is 0 Å². The third-order valence-corrected chi connectivity index (χ3v) is 4.78. The highest BCUT2D eigenvalue weighted by Crippen LogP contribution is 2.34. The van der Waals surface area contributed by atoms with Gasteiger partial charge >= 0.3 is 0 Å². The van der Waals surface area contributed by atoms with Crippen molar-refractivity contribution in [3.63, 3.8) is 0 Å². The van der Waals surface area contributed by atoms with Gasteiger partial charge in [-0.15, -0.1) is 11.8 Å². The summed E-state index contributed by atoms with van der Waals surface area (Å²) in [7, 11) is 0. The second-order valence-corrected chi connectivity index (χ2v) is 7.07. The van der Waals surface area contributed by atoms with Gasteiger partial charge < -0.3 is 5.11 Å². The summed E-state index contributed by atoms with van der Waals surface area (Å²) in [5.41, 5.74) is -0.212. The van der Waals surface area contributed by atoms with Gasteiger partial charge in [0.1, 0.15) is 5.75 Å².